The second kappa shape index (κ2) is 6.75. The summed E-state index contributed by atoms with van der Waals surface area (Å²) < 4.78 is 27.3. The van der Waals surface area contributed by atoms with Crippen molar-refractivity contribution in [2.75, 3.05) is 11.9 Å². The fourth-order valence-electron chi connectivity index (χ4n) is 1.85. The third-order valence-corrected chi connectivity index (χ3v) is 3.47. The van der Waals surface area contributed by atoms with Crippen LogP contribution >= 0.6 is 23.2 Å². The lowest BCUT2D eigenvalue weighted by Crippen LogP contribution is -2.08. The molecule has 0 aromatic heterocycles. The number of rotatable bonds is 4. The van der Waals surface area contributed by atoms with Crippen molar-refractivity contribution in [3.05, 3.63) is 63.1 Å². The van der Waals surface area contributed by atoms with Gasteiger partial charge in [-0.05, 0) is 36.2 Å². The zero-order valence-electron chi connectivity index (χ0n) is 10.8. The Morgan fingerprint density at radius 2 is 1.76 bits per heavy atom. The molecule has 1 N–H and O–H groups in total. The van der Waals surface area contributed by atoms with Crippen molar-refractivity contribution in [3.8, 4) is 6.07 Å². The van der Waals surface area contributed by atoms with Gasteiger partial charge in [0.25, 0.3) is 0 Å². The van der Waals surface area contributed by atoms with Gasteiger partial charge in [0.05, 0.1) is 11.6 Å². The Labute approximate surface area is 130 Å². The Morgan fingerprint density at radius 1 is 1.10 bits per heavy atom. The van der Waals surface area contributed by atoms with Crippen LogP contribution in [-0.4, -0.2) is 6.54 Å². The van der Waals surface area contributed by atoms with Gasteiger partial charge >= 0.3 is 0 Å². The predicted octanol–water partition coefficient (Wildman–Crippen LogP) is 4.80. The third kappa shape index (κ3) is 3.84. The summed E-state index contributed by atoms with van der Waals surface area (Å²) in [4.78, 5) is 0. The minimum atomic E-state index is -0.797. The van der Waals surface area contributed by atoms with E-state index in [1.54, 1.807) is 24.3 Å². The first-order chi connectivity index (χ1) is 10.0. The second-order valence-electron chi connectivity index (χ2n) is 4.34. The van der Waals surface area contributed by atoms with E-state index in [1.807, 2.05) is 0 Å². The molecule has 0 heterocycles. The lowest BCUT2D eigenvalue weighted by atomic mass is 10.1. The lowest BCUT2D eigenvalue weighted by Gasteiger charge is -2.10. The van der Waals surface area contributed by atoms with Crippen LogP contribution in [0.2, 0.25) is 10.0 Å². The Morgan fingerprint density at radius 3 is 2.33 bits per heavy atom. The van der Waals surface area contributed by atoms with Gasteiger partial charge < -0.3 is 5.32 Å². The van der Waals surface area contributed by atoms with Crippen LogP contribution < -0.4 is 5.32 Å². The topological polar surface area (TPSA) is 35.8 Å². The van der Waals surface area contributed by atoms with Crippen molar-refractivity contribution in [2.24, 2.45) is 0 Å². The predicted molar refractivity (Wildman–Crippen MR) is 79.7 cm³/mol. The van der Waals surface area contributed by atoms with E-state index in [2.05, 4.69) is 5.32 Å². The molecule has 0 saturated heterocycles. The number of nitrogens with one attached hydrogen (secondary N) is 1. The zero-order valence-corrected chi connectivity index (χ0v) is 12.3. The minimum absolute atomic E-state index is 0.0590. The summed E-state index contributed by atoms with van der Waals surface area (Å²) in [6.45, 7) is 0.293. The van der Waals surface area contributed by atoms with Crippen LogP contribution in [0.3, 0.4) is 0 Å². The molecule has 0 bridgehead atoms. The molecule has 0 aliphatic rings. The molecule has 0 saturated carbocycles. The van der Waals surface area contributed by atoms with E-state index in [-0.39, 0.29) is 11.3 Å². The molecular weight excluding hydrogens is 317 g/mol. The van der Waals surface area contributed by atoms with E-state index < -0.39 is 11.6 Å². The molecule has 0 unspecified atom stereocenters. The van der Waals surface area contributed by atoms with Crippen molar-refractivity contribution in [1.82, 2.24) is 0 Å². The molecule has 0 aliphatic heterocycles. The molecule has 2 nitrogen and oxygen atoms in total. The molecule has 2 rings (SSSR count). The monoisotopic (exact) mass is 326 g/mol. The first-order valence-electron chi connectivity index (χ1n) is 6.08. The van der Waals surface area contributed by atoms with Gasteiger partial charge in [0.15, 0.2) is 11.6 Å². The van der Waals surface area contributed by atoms with E-state index >= 15 is 0 Å². The molecule has 0 spiro atoms. The van der Waals surface area contributed by atoms with Gasteiger partial charge in [-0.2, -0.15) is 5.26 Å². The molecule has 108 valence electrons. The summed E-state index contributed by atoms with van der Waals surface area (Å²) in [5, 5.41) is 12.3. The number of nitriles is 1. The summed E-state index contributed by atoms with van der Waals surface area (Å²) in [6.07, 6.45) is 0.481. The van der Waals surface area contributed by atoms with Crippen LogP contribution in [-0.2, 0) is 6.42 Å². The quantitative estimate of drug-likeness (QED) is 0.876. The molecule has 21 heavy (non-hydrogen) atoms. The minimum Gasteiger partial charge on any atom is -0.380 e. The lowest BCUT2D eigenvalue weighted by molar-refractivity contribution is 0.587. The van der Waals surface area contributed by atoms with Crippen molar-refractivity contribution >= 4 is 28.9 Å². The van der Waals surface area contributed by atoms with Crippen LogP contribution in [0.4, 0.5) is 14.5 Å². The van der Waals surface area contributed by atoms with Gasteiger partial charge in [-0.15, -0.1) is 0 Å². The van der Waals surface area contributed by atoms with Gasteiger partial charge in [-0.3, -0.25) is 0 Å². The van der Waals surface area contributed by atoms with Crippen molar-refractivity contribution in [2.45, 2.75) is 6.42 Å². The first kappa shape index (κ1) is 15.6. The molecule has 2 aromatic carbocycles. The highest BCUT2D eigenvalue weighted by Crippen LogP contribution is 2.23. The van der Waals surface area contributed by atoms with E-state index in [1.165, 1.54) is 0 Å². The molecule has 0 fully saturated rings. The average Bonchev–Trinajstić information content (AvgIpc) is 2.43. The molecule has 0 amide bonds. The number of nitrogens with zero attached hydrogens (tertiary/aromatic N) is 1. The third-order valence-electron chi connectivity index (χ3n) is 2.88. The highest BCUT2D eigenvalue weighted by Gasteiger charge is 2.11. The van der Waals surface area contributed by atoms with E-state index in [0.29, 0.717) is 23.0 Å². The summed E-state index contributed by atoms with van der Waals surface area (Å²) in [5.74, 6) is -1.59. The van der Waals surface area contributed by atoms with Gasteiger partial charge in [0.1, 0.15) is 5.69 Å². The molecule has 0 atom stereocenters. The Balaban J connectivity index is 2.06. The number of benzene rings is 2. The van der Waals surface area contributed by atoms with Gasteiger partial charge in [0.2, 0.25) is 0 Å². The molecule has 6 heteroatoms. The highest BCUT2D eigenvalue weighted by molar-refractivity contribution is 6.35. The molecule has 2 aromatic rings. The molecule has 0 aliphatic carbocycles. The Kier molecular flexibility index (Phi) is 5.00. The second-order valence-corrected chi connectivity index (χ2v) is 5.18. The Hall–Kier alpha value is -1.83. The summed E-state index contributed by atoms with van der Waals surface area (Å²) in [7, 11) is 0. The van der Waals surface area contributed by atoms with E-state index in [0.717, 1.165) is 17.7 Å². The maximum absolute atomic E-state index is 13.7. The van der Waals surface area contributed by atoms with Crippen LogP contribution in [0.5, 0.6) is 0 Å². The maximum atomic E-state index is 13.7. The van der Waals surface area contributed by atoms with Crippen LogP contribution in [0.25, 0.3) is 0 Å². The summed E-state index contributed by atoms with van der Waals surface area (Å²) >= 11 is 11.8. The number of anilines is 1. The van der Waals surface area contributed by atoms with E-state index in [9.17, 15) is 8.78 Å². The summed E-state index contributed by atoms with van der Waals surface area (Å²) in [6, 6.07) is 8.74. The summed E-state index contributed by atoms with van der Waals surface area (Å²) in [5.41, 5.74) is 0.512. The smallest absolute Gasteiger partial charge is 0.150 e. The van der Waals surface area contributed by atoms with Crippen LogP contribution in [0, 0.1) is 23.0 Å². The largest absolute Gasteiger partial charge is 0.380 e. The van der Waals surface area contributed by atoms with Gasteiger partial charge in [0, 0.05) is 16.6 Å². The fraction of sp³-hybridized carbons (Fsp3) is 0.133. The first-order valence-corrected chi connectivity index (χ1v) is 6.84. The SMILES string of the molecule is N#Cc1cc(F)c(NCCc2ccc(Cl)cc2Cl)c(F)c1. The van der Waals surface area contributed by atoms with Crippen molar-refractivity contribution in [3.63, 3.8) is 0 Å². The molecular formula is C15H10Cl2F2N2. The average molecular weight is 327 g/mol. The normalized spacial score (nSPS) is 10.2. The van der Waals surface area contributed by atoms with Gasteiger partial charge in [-0.1, -0.05) is 29.3 Å². The maximum Gasteiger partial charge on any atom is 0.150 e. The van der Waals surface area contributed by atoms with Crippen molar-refractivity contribution in [1.29, 1.82) is 5.26 Å². The van der Waals surface area contributed by atoms with Crippen LogP contribution in [0.15, 0.2) is 30.3 Å². The van der Waals surface area contributed by atoms with Gasteiger partial charge in [-0.25, -0.2) is 8.78 Å². The van der Waals surface area contributed by atoms with Crippen LogP contribution in [0.1, 0.15) is 11.1 Å². The Bertz CT molecular complexity index is 688. The standard InChI is InChI=1S/C15H10Cl2F2N2/c16-11-2-1-10(12(17)7-11)3-4-21-15-13(18)5-9(8-20)6-14(15)19/h1-2,5-7,21H,3-4H2. The van der Waals surface area contributed by atoms with Crippen molar-refractivity contribution < 1.29 is 8.78 Å². The molecule has 0 radical (unpaired) electrons. The number of halogens is 4. The zero-order chi connectivity index (χ0) is 15.4. The number of hydrogen-bond acceptors (Lipinski definition) is 2. The fourth-order valence-corrected chi connectivity index (χ4v) is 2.36. The number of hydrogen-bond donors (Lipinski definition) is 1. The van der Waals surface area contributed by atoms with E-state index in [4.69, 9.17) is 28.5 Å². The highest BCUT2D eigenvalue weighted by atomic mass is 35.5.